The van der Waals surface area contributed by atoms with Crippen molar-refractivity contribution in [1.82, 2.24) is 10.2 Å². The summed E-state index contributed by atoms with van der Waals surface area (Å²) in [7, 11) is 0. The Morgan fingerprint density at radius 1 is 1.67 bits per heavy atom. The third kappa shape index (κ3) is 2.66. The third-order valence-electron chi connectivity index (χ3n) is 1.51. The lowest BCUT2D eigenvalue weighted by molar-refractivity contribution is 0.216. The lowest BCUT2D eigenvalue weighted by Gasteiger charge is -2.11. The van der Waals surface area contributed by atoms with E-state index in [0.717, 1.165) is 6.42 Å². The van der Waals surface area contributed by atoms with Crippen LogP contribution in [0.15, 0.2) is 12.3 Å². The average Bonchev–Trinajstić information content (AvgIpc) is 2.04. The van der Waals surface area contributed by atoms with Gasteiger partial charge in [0.2, 0.25) is 0 Å². The highest BCUT2D eigenvalue weighted by Gasteiger charge is 2.01. The molecule has 1 aromatic rings. The van der Waals surface area contributed by atoms with Gasteiger partial charge < -0.3 is 4.74 Å². The lowest BCUT2D eigenvalue weighted by Crippen LogP contribution is -2.09. The maximum atomic E-state index is 5.62. The third-order valence-corrected chi connectivity index (χ3v) is 1.70. The predicted molar refractivity (Wildman–Crippen MR) is 47.4 cm³/mol. The van der Waals surface area contributed by atoms with Crippen LogP contribution >= 0.6 is 11.6 Å². The van der Waals surface area contributed by atoms with Gasteiger partial charge in [-0.2, -0.15) is 5.10 Å². The number of aromatic nitrogens is 2. The number of rotatable bonds is 3. The van der Waals surface area contributed by atoms with Crippen molar-refractivity contribution < 1.29 is 4.74 Å². The molecule has 1 atom stereocenters. The minimum absolute atomic E-state index is 0.185. The Hall–Kier alpha value is -0.830. The van der Waals surface area contributed by atoms with Crippen LogP contribution in [0.1, 0.15) is 20.3 Å². The zero-order valence-electron chi connectivity index (χ0n) is 7.12. The van der Waals surface area contributed by atoms with Gasteiger partial charge in [-0.1, -0.05) is 18.5 Å². The minimum atomic E-state index is 0.185. The Balaban J connectivity index is 2.63. The molecule has 0 aromatic carbocycles. The Kier molecular flexibility index (Phi) is 3.29. The maximum absolute atomic E-state index is 5.62. The van der Waals surface area contributed by atoms with Gasteiger partial charge in [-0.3, -0.25) is 0 Å². The molecule has 0 saturated carbocycles. The number of halogens is 1. The standard InChI is InChI=1S/C8H11ClN2O/c1-3-6(2)12-7-4-8(9)11-10-5-7/h4-6H,3H2,1-2H3/t6-/m1/s1. The summed E-state index contributed by atoms with van der Waals surface area (Å²) in [6.07, 6.45) is 2.70. The van der Waals surface area contributed by atoms with Crippen LogP contribution in [0.5, 0.6) is 5.75 Å². The van der Waals surface area contributed by atoms with Gasteiger partial charge in [0.05, 0.1) is 12.3 Å². The number of nitrogens with zero attached hydrogens (tertiary/aromatic N) is 2. The fourth-order valence-corrected chi connectivity index (χ4v) is 0.856. The molecular formula is C8H11ClN2O. The fraction of sp³-hybridized carbons (Fsp3) is 0.500. The summed E-state index contributed by atoms with van der Waals surface area (Å²) in [5.74, 6) is 0.671. The second-order valence-corrected chi connectivity index (χ2v) is 2.94. The van der Waals surface area contributed by atoms with E-state index in [-0.39, 0.29) is 6.10 Å². The number of hydrogen-bond acceptors (Lipinski definition) is 3. The molecule has 0 radical (unpaired) electrons. The summed E-state index contributed by atoms with van der Waals surface area (Å²) in [6.45, 7) is 4.05. The fourth-order valence-electron chi connectivity index (χ4n) is 0.705. The van der Waals surface area contributed by atoms with E-state index in [1.165, 1.54) is 0 Å². The van der Waals surface area contributed by atoms with Crippen molar-refractivity contribution in [2.45, 2.75) is 26.4 Å². The van der Waals surface area contributed by atoms with Crippen molar-refractivity contribution in [1.29, 1.82) is 0 Å². The van der Waals surface area contributed by atoms with Gasteiger partial charge in [-0.05, 0) is 13.3 Å². The van der Waals surface area contributed by atoms with Gasteiger partial charge in [0.1, 0.15) is 5.75 Å². The van der Waals surface area contributed by atoms with Gasteiger partial charge in [0.15, 0.2) is 5.15 Å². The van der Waals surface area contributed by atoms with E-state index in [4.69, 9.17) is 16.3 Å². The highest BCUT2D eigenvalue weighted by Crippen LogP contribution is 2.14. The van der Waals surface area contributed by atoms with Crippen molar-refractivity contribution >= 4 is 11.6 Å². The molecule has 3 nitrogen and oxygen atoms in total. The van der Waals surface area contributed by atoms with Crippen LogP contribution in [0.25, 0.3) is 0 Å². The summed E-state index contributed by atoms with van der Waals surface area (Å²) >= 11 is 5.62. The van der Waals surface area contributed by atoms with Crippen molar-refractivity contribution in [2.24, 2.45) is 0 Å². The van der Waals surface area contributed by atoms with Gasteiger partial charge in [-0.15, -0.1) is 5.10 Å². The Labute approximate surface area is 76.7 Å². The first-order valence-corrected chi connectivity index (χ1v) is 4.25. The average molecular weight is 187 g/mol. The molecular weight excluding hydrogens is 176 g/mol. The molecule has 0 aliphatic rings. The number of hydrogen-bond donors (Lipinski definition) is 0. The molecule has 66 valence electrons. The summed E-state index contributed by atoms with van der Waals surface area (Å²) < 4.78 is 5.46. The van der Waals surface area contributed by atoms with Crippen LogP contribution in [0.2, 0.25) is 5.15 Å². The second-order valence-electron chi connectivity index (χ2n) is 2.55. The predicted octanol–water partition coefficient (Wildman–Crippen LogP) is 2.31. The van der Waals surface area contributed by atoms with Gasteiger partial charge >= 0.3 is 0 Å². The molecule has 12 heavy (non-hydrogen) atoms. The molecule has 0 bridgehead atoms. The molecule has 0 saturated heterocycles. The van der Waals surface area contributed by atoms with E-state index in [0.29, 0.717) is 10.9 Å². The Morgan fingerprint density at radius 3 is 3.00 bits per heavy atom. The maximum Gasteiger partial charge on any atom is 0.155 e. The van der Waals surface area contributed by atoms with Crippen LogP contribution < -0.4 is 4.74 Å². The Morgan fingerprint density at radius 2 is 2.42 bits per heavy atom. The van der Waals surface area contributed by atoms with Crippen molar-refractivity contribution in [2.75, 3.05) is 0 Å². The van der Waals surface area contributed by atoms with Crippen LogP contribution in [-0.2, 0) is 0 Å². The van der Waals surface area contributed by atoms with Gasteiger partial charge in [-0.25, -0.2) is 0 Å². The SMILES string of the molecule is CC[C@@H](C)Oc1cnnc(Cl)c1. The van der Waals surface area contributed by atoms with Gasteiger partial charge in [0, 0.05) is 6.07 Å². The molecule has 4 heteroatoms. The summed E-state index contributed by atoms with van der Waals surface area (Å²) in [5, 5.41) is 7.63. The largest absolute Gasteiger partial charge is 0.489 e. The molecule has 1 rings (SSSR count). The zero-order valence-corrected chi connectivity index (χ0v) is 7.88. The zero-order chi connectivity index (χ0) is 8.97. The summed E-state index contributed by atoms with van der Waals surface area (Å²) in [5.41, 5.74) is 0. The topological polar surface area (TPSA) is 35.0 Å². The second kappa shape index (κ2) is 4.26. The summed E-state index contributed by atoms with van der Waals surface area (Å²) in [4.78, 5) is 0. The highest BCUT2D eigenvalue weighted by atomic mass is 35.5. The van der Waals surface area contributed by atoms with Crippen LogP contribution in [-0.4, -0.2) is 16.3 Å². The number of ether oxygens (including phenoxy) is 1. The van der Waals surface area contributed by atoms with E-state index in [1.54, 1.807) is 12.3 Å². The molecule has 1 aromatic heterocycles. The van der Waals surface area contributed by atoms with Crippen LogP contribution in [0, 0.1) is 0 Å². The first kappa shape index (κ1) is 9.26. The van der Waals surface area contributed by atoms with Crippen LogP contribution in [0.4, 0.5) is 0 Å². The van der Waals surface area contributed by atoms with E-state index in [9.17, 15) is 0 Å². The lowest BCUT2D eigenvalue weighted by atomic mass is 10.3. The van der Waals surface area contributed by atoms with Crippen molar-refractivity contribution in [3.63, 3.8) is 0 Å². The molecule has 0 spiro atoms. The molecule has 0 N–H and O–H groups in total. The van der Waals surface area contributed by atoms with Gasteiger partial charge in [0.25, 0.3) is 0 Å². The Bertz CT molecular complexity index is 255. The minimum Gasteiger partial charge on any atom is -0.489 e. The molecule has 0 aliphatic carbocycles. The molecule has 1 heterocycles. The van der Waals surface area contributed by atoms with E-state index in [1.807, 2.05) is 6.92 Å². The molecule has 0 unspecified atom stereocenters. The molecule has 0 amide bonds. The van der Waals surface area contributed by atoms with Crippen LogP contribution in [0.3, 0.4) is 0 Å². The van der Waals surface area contributed by atoms with E-state index < -0.39 is 0 Å². The monoisotopic (exact) mass is 186 g/mol. The first-order chi connectivity index (χ1) is 5.72. The van der Waals surface area contributed by atoms with Crippen molar-refractivity contribution in [3.05, 3.63) is 17.4 Å². The molecule has 0 aliphatic heterocycles. The first-order valence-electron chi connectivity index (χ1n) is 3.87. The normalized spacial score (nSPS) is 12.6. The van der Waals surface area contributed by atoms with E-state index >= 15 is 0 Å². The summed E-state index contributed by atoms with van der Waals surface area (Å²) in [6, 6.07) is 1.65. The van der Waals surface area contributed by atoms with E-state index in [2.05, 4.69) is 17.1 Å². The highest BCUT2D eigenvalue weighted by molar-refractivity contribution is 6.29. The molecule has 0 fully saturated rings. The van der Waals surface area contributed by atoms with Crippen molar-refractivity contribution in [3.8, 4) is 5.75 Å². The quantitative estimate of drug-likeness (QED) is 0.727. The smallest absolute Gasteiger partial charge is 0.155 e.